The van der Waals surface area contributed by atoms with Gasteiger partial charge in [-0.15, -0.1) is 0 Å². The molecule has 0 aromatic heterocycles. The number of benzene rings is 1. The van der Waals surface area contributed by atoms with Crippen LogP contribution in [0.1, 0.15) is 53.9 Å². The molecule has 0 bridgehead atoms. The highest BCUT2D eigenvalue weighted by Gasteiger charge is 2.28. The summed E-state index contributed by atoms with van der Waals surface area (Å²) in [6, 6.07) is 7.88. The molecule has 1 aromatic carbocycles. The molecule has 0 spiro atoms. The third kappa shape index (κ3) is 2.94. The maximum absolute atomic E-state index is 12.5. The molecule has 1 atom stereocenters. The molecule has 1 aromatic rings. The van der Waals surface area contributed by atoms with Gasteiger partial charge in [0.2, 0.25) is 0 Å². The number of piperidine rings is 1. The molecule has 4 nitrogen and oxygen atoms in total. The normalized spacial score (nSPS) is 22.7. The van der Waals surface area contributed by atoms with Gasteiger partial charge >= 0.3 is 5.97 Å². The summed E-state index contributed by atoms with van der Waals surface area (Å²) in [5.74, 6) is -0.591. The molecule has 2 aliphatic rings. The average Bonchev–Trinajstić information content (AvgIpc) is 2.46. The van der Waals surface area contributed by atoms with Gasteiger partial charge in [0.05, 0.1) is 5.92 Å². The van der Waals surface area contributed by atoms with Gasteiger partial charge in [-0.05, 0) is 49.3 Å². The SMILES string of the molecule is O=C(O)[C@H]1CCCN(C(=O)c2ccc(C3CCC3)cc2)C1. The molecule has 1 saturated heterocycles. The fraction of sp³-hybridized carbons (Fsp3) is 0.529. The first-order valence-electron chi connectivity index (χ1n) is 7.77. The van der Waals surface area contributed by atoms with Gasteiger partial charge in [-0.3, -0.25) is 9.59 Å². The summed E-state index contributed by atoms with van der Waals surface area (Å²) < 4.78 is 0. The van der Waals surface area contributed by atoms with Crippen LogP contribution in [-0.2, 0) is 4.79 Å². The number of amides is 1. The lowest BCUT2D eigenvalue weighted by molar-refractivity contribution is -0.143. The van der Waals surface area contributed by atoms with Crippen LogP contribution < -0.4 is 0 Å². The Kier molecular flexibility index (Phi) is 3.95. The van der Waals surface area contributed by atoms with Crippen LogP contribution in [0, 0.1) is 5.92 Å². The van der Waals surface area contributed by atoms with E-state index >= 15 is 0 Å². The third-order valence-corrected chi connectivity index (χ3v) is 4.79. The minimum absolute atomic E-state index is 0.0406. The van der Waals surface area contributed by atoms with Gasteiger partial charge in [-0.2, -0.15) is 0 Å². The van der Waals surface area contributed by atoms with Crippen molar-refractivity contribution in [1.82, 2.24) is 4.90 Å². The number of carbonyl (C=O) groups is 2. The van der Waals surface area contributed by atoms with Gasteiger partial charge in [0.15, 0.2) is 0 Å². The number of hydrogen-bond acceptors (Lipinski definition) is 2. The highest BCUT2D eigenvalue weighted by atomic mass is 16.4. The zero-order valence-corrected chi connectivity index (χ0v) is 12.1. The Bertz CT molecular complexity index is 533. The van der Waals surface area contributed by atoms with Gasteiger partial charge < -0.3 is 10.0 Å². The predicted octanol–water partition coefficient (Wildman–Crippen LogP) is 2.89. The van der Waals surface area contributed by atoms with Crippen LogP contribution >= 0.6 is 0 Å². The molecule has 1 heterocycles. The van der Waals surface area contributed by atoms with E-state index in [1.54, 1.807) is 4.90 Å². The van der Waals surface area contributed by atoms with Crippen molar-refractivity contribution in [2.45, 2.75) is 38.0 Å². The molecular formula is C17H21NO3. The molecule has 1 N–H and O–H groups in total. The number of hydrogen-bond donors (Lipinski definition) is 1. The van der Waals surface area contributed by atoms with E-state index in [-0.39, 0.29) is 5.91 Å². The van der Waals surface area contributed by atoms with E-state index < -0.39 is 11.9 Å². The first kappa shape index (κ1) is 14.1. The van der Waals surface area contributed by atoms with Crippen molar-refractivity contribution in [2.24, 2.45) is 5.92 Å². The minimum atomic E-state index is -0.798. The van der Waals surface area contributed by atoms with Crippen LogP contribution in [0.4, 0.5) is 0 Å². The second-order valence-corrected chi connectivity index (χ2v) is 6.18. The Morgan fingerprint density at radius 3 is 2.33 bits per heavy atom. The molecule has 4 heteroatoms. The van der Waals surface area contributed by atoms with Crippen LogP contribution in [-0.4, -0.2) is 35.0 Å². The summed E-state index contributed by atoms with van der Waals surface area (Å²) in [4.78, 5) is 25.2. The standard InChI is InChI=1S/C17H21NO3/c19-16(18-10-2-5-15(11-18)17(20)21)14-8-6-13(7-9-14)12-3-1-4-12/h6-9,12,15H,1-5,10-11H2,(H,20,21)/t15-/m0/s1. The molecule has 0 unspecified atom stereocenters. The Balaban J connectivity index is 1.67. The summed E-state index contributed by atoms with van der Waals surface area (Å²) in [5, 5.41) is 9.10. The molecule has 1 amide bonds. The quantitative estimate of drug-likeness (QED) is 0.930. The summed E-state index contributed by atoms with van der Waals surface area (Å²) in [7, 11) is 0. The number of carboxylic acids is 1. The lowest BCUT2D eigenvalue weighted by Crippen LogP contribution is -2.42. The van der Waals surface area contributed by atoms with Crippen molar-refractivity contribution < 1.29 is 14.7 Å². The molecule has 112 valence electrons. The number of nitrogens with zero attached hydrogens (tertiary/aromatic N) is 1. The predicted molar refractivity (Wildman–Crippen MR) is 79.3 cm³/mol. The van der Waals surface area contributed by atoms with Crippen LogP contribution in [0.2, 0.25) is 0 Å². The van der Waals surface area contributed by atoms with Crippen LogP contribution in [0.3, 0.4) is 0 Å². The molecule has 2 fully saturated rings. The number of carbonyl (C=O) groups excluding carboxylic acids is 1. The van der Waals surface area contributed by atoms with Crippen LogP contribution in [0.15, 0.2) is 24.3 Å². The zero-order valence-electron chi connectivity index (χ0n) is 12.1. The first-order chi connectivity index (χ1) is 10.1. The molecule has 21 heavy (non-hydrogen) atoms. The van der Waals surface area contributed by atoms with E-state index in [0.717, 1.165) is 6.42 Å². The maximum atomic E-state index is 12.5. The molecule has 1 saturated carbocycles. The number of rotatable bonds is 3. The summed E-state index contributed by atoms with van der Waals surface area (Å²) in [6.45, 7) is 0.992. The zero-order chi connectivity index (χ0) is 14.8. The summed E-state index contributed by atoms with van der Waals surface area (Å²) in [5.41, 5.74) is 1.99. The lowest BCUT2D eigenvalue weighted by atomic mass is 9.80. The van der Waals surface area contributed by atoms with Crippen molar-refractivity contribution in [3.63, 3.8) is 0 Å². The number of carboxylic acid groups (broad SMARTS) is 1. The van der Waals surface area contributed by atoms with Gasteiger partial charge in [0.1, 0.15) is 0 Å². The largest absolute Gasteiger partial charge is 0.481 e. The van der Waals surface area contributed by atoms with E-state index in [0.29, 0.717) is 31.0 Å². The van der Waals surface area contributed by atoms with Crippen molar-refractivity contribution >= 4 is 11.9 Å². The van der Waals surface area contributed by atoms with E-state index in [4.69, 9.17) is 5.11 Å². The van der Waals surface area contributed by atoms with Crippen molar-refractivity contribution in [3.8, 4) is 0 Å². The minimum Gasteiger partial charge on any atom is -0.481 e. The second-order valence-electron chi connectivity index (χ2n) is 6.18. The number of likely N-dealkylation sites (tertiary alicyclic amines) is 1. The molecule has 1 aliphatic carbocycles. The molecule has 0 radical (unpaired) electrons. The van der Waals surface area contributed by atoms with Crippen LogP contribution in [0.25, 0.3) is 0 Å². The van der Waals surface area contributed by atoms with Gasteiger partial charge in [0, 0.05) is 18.7 Å². The maximum Gasteiger partial charge on any atom is 0.308 e. The molecule has 3 rings (SSSR count). The van der Waals surface area contributed by atoms with E-state index in [1.165, 1.54) is 24.8 Å². The fourth-order valence-electron chi connectivity index (χ4n) is 3.19. The van der Waals surface area contributed by atoms with E-state index in [2.05, 4.69) is 12.1 Å². The van der Waals surface area contributed by atoms with Crippen LogP contribution in [0.5, 0.6) is 0 Å². The van der Waals surface area contributed by atoms with Gasteiger partial charge in [-0.25, -0.2) is 0 Å². The Morgan fingerprint density at radius 2 is 1.76 bits per heavy atom. The lowest BCUT2D eigenvalue weighted by Gasteiger charge is -2.31. The topological polar surface area (TPSA) is 57.6 Å². The second kappa shape index (κ2) is 5.88. The summed E-state index contributed by atoms with van der Waals surface area (Å²) >= 11 is 0. The Hall–Kier alpha value is -1.84. The first-order valence-corrected chi connectivity index (χ1v) is 7.77. The third-order valence-electron chi connectivity index (χ3n) is 4.79. The Morgan fingerprint density at radius 1 is 1.05 bits per heavy atom. The highest BCUT2D eigenvalue weighted by molar-refractivity contribution is 5.94. The summed E-state index contributed by atoms with van der Waals surface area (Å²) in [6.07, 6.45) is 5.23. The smallest absolute Gasteiger partial charge is 0.308 e. The molecular weight excluding hydrogens is 266 g/mol. The van der Waals surface area contributed by atoms with Crippen molar-refractivity contribution in [1.29, 1.82) is 0 Å². The fourth-order valence-corrected chi connectivity index (χ4v) is 3.19. The van der Waals surface area contributed by atoms with Crippen molar-refractivity contribution in [3.05, 3.63) is 35.4 Å². The number of aliphatic carboxylic acids is 1. The van der Waals surface area contributed by atoms with Gasteiger partial charge in [-0.1, -0.05) is 18.6 Å². The van der Waals surface area contributed by atoms with E-state index in [9.17, 15) is 9.59 Å². The van der Waals surface area contributed by atoms with Gasteiger partial charge in [0.25, 0.3) is 5.91 Å². The Labute approximate surface area is 124 Å². The van der Waals surface area contributed by atoms with E-state index in [1.807, 2.05) is 12.1 Å². The molecule has 1 aliphatic heterocycles. The monoisotopic (exact) mass is 287 g/mol. The van der Waals surface area contributed by atoms with Crippen molar-refractivity contribution in [2.75, 3.05) is 13.1 Å². The highest BCUT2D eigenvalue weighted by Crippen LogP contribution is 2.36. The average molecular weight is 287 g/mol.